The van der Waals surface area contributed by atoms with Crippen LogP contribution in [0.1, 0.15) is 37.7 Å². The van der Waals surface area contributed by atoms with E-state index in [9.17, 15) is 8.42 Å². The molecule has 1 saturated carbocycles. The van der Waals surface area contributed by atoms with Gasteiger partial charge in [0.15, 0.2) is 0 Å². The van der Waals surface area contributed by atoms with E-state index in [0.717, 1.165) is 18.7 Å². The van der Waals surface area contributed by atoms with E-state index in [4.69, 9.17) is 11.6 Å². The Morgan fingerprint density at radius 2 is 1.70 bits per heavy atom. The molecule has 128 valence electrons. The number of halogens is 1. The number of benzene rings is 1. The van der Waals surface area contributed by atoms with E-state index in [2.05, 4.69) is 4.90 Å². The van der Waals surface area contributed by atoms with Crippen molar-refractivity contribution in [2.24, 2.45) is 0 Å². The maximum absolute atomic E-state index is 12.8. The molecule has 3 rings (SSSR count). The van der Waals surface area contributed by atoms with Crippen LogP contribution in [0.4, 0.5) is 0 Å². The minimum atomic E-state index is -3.41. The van der Waals surface area contributed by atoms with Crippen LogP contribution in [0.3, 0.4) is 0 Å². The van der Waals surface area contributed by atoms with Crippen LogP contribution < -0.4 is 0 Å². The third-order valence-corrected chi connectivity index (χ3v) is 7.45. The zero-order chi connectivity index (χ0) is 16.4. The number of hydrogen-bond acceptors (Lipinski definition) is 3. The summed E-state index contributed by atoms with van der Waals surface area (Å²) in [6.45, 7) is 4.69. The van der Waals surface area contributed by atoms with Crippen LogP contribution in [0.15, 0.2) is 23.1 Å². The first-order chi connectivity index (χ1) is 11.0. The minimum Gasteiger partial charge on any atom is -0.298 e. The van der Waals surface area contributed by atoms with Crippen molar-refractivity contribution in [2.75, 3.05) is 26.2 Å². The summed E-state index contributed by atoms with van der Waals surface area (Å²) in [5, 5.41) is 0.603. The Hall–Kier alpha value is -0.620. The Labute approximate surface area is 144 Å². The normalized spacial score (nSPS) is 22.3. The lowest BCUT2D eigenvalue weighted by Gasteiger charge is -2.40. The van der Waals surface area contributed by atoms with E-state index in [0.29, 0.717) is 29.0 Å². The molecular weight excluding hydrogens is 332 g/mol. The molecular formula is C17H25ClN2O2S. The van der Waals surface area contributed by atoms with Crippen molar-refractivity contribution in [3.63, 3.8) is 0 Å². The molecule has 0 aromatic heterocycles. The summed E-state index contributed by atoms with van der Waals surface area (Å²) < 4.78 is 27.2. The smallest absolute Gasteiger partial charge is 0.243 e. The summed E-state index contributed by atoms with van der Waals surface area (Å²) in [7, 11) is -3.41. The predicted octanol–water partition coefficient (Wildman–Crippen LogP) is 3.29. The Morgan fingerprint density at radius 3 is 2.30 bits per heavy atom. The summed E-state index contributed by atoms with van der Waals surface area (Å²) in [5.41, 5.74) is 0.800. The van der Waals surface area contributed by atoms with Gasteiger partial charge in [-0.2, -0.15) is 4.31 Å². The number of sulfonamides is 1. The number of nitrogens with zero attached hydrogens (tertiary/aromatic N) is 2. The van der Waals surface area contributed by atoms with Crippen LogP contribution in [0, 0.1) is 6.92 Å². The quantitative estimate of drug-likeness (QED) is 0.834. The second-order valence-electron chi connectivity index (χ2n) is 6.64. The topological polar surface area (TPSA) is 40.6 Å². The first kappa shape index (κ1) is 17.2. The molecule has 0 bridgehead atoms. The molecule has 1 heterocycles. The molecule has 0 spiro atoms. The Bertz CT molecular complexity index is 649. The monoisotopic (exact) mass is 356 g/mol. The predicted molar refractivity (Wildman–Crippen MR) is 93.4 cm³/mol. The maximum Gasteiger partial charge on any atom is 0.243 e. The van der Waals surface area contributed by atoms with Crippen molar-refractivity contribution in [3.8, 4) is 0 Å². The standard InChI is InChI=1S/C17H25ClN2O2S/c1-14-13-16(7-8-17(14)18)23(21,22)20-11-9-19(10-12-20)15-5-3-2-4-6-15/h7-8,13,15H,2-6,9-12H2,1H3. The molecule has 6 heteroatoms. The van der Waals surface area contributed by atoms with Gasteiger partial charge in [0.05, 0.1) is 4.90 Å². The van der Waals surface area contributed by atoms with Crippen molar-refractivity contribution in [1.29, 1.82) is 0 Å². The van der Waals surface area contributed by atoms with Gasteiger partial charge in [-0.25, -0.2) is 8.42 Å². The second kappa shape index (κ2) is 7.09. The Kier molecular flexibility index (Phi) is 5.31. The van der Waals surface area contributed by atoms with Crippen LogP contribution in [0.2, 0.25) is 5.02 Å². The lowest BCUT2D eigenvalue weighted by atomic mass is 9.94. The number of aryl methyl sites for hydroxylation is 1. The summed E-state index contributed by atoms with van der Waals surface area (Å²) in [4.78, 5) is 2.84. The molecule has 1 aromatic carbocycles. The van der Waals surface area contributed by atoms with E-state index in [1.165, 1.54) is 32.1 Å². The van der Waals surface area contributed by atoms with E-state index in [1.54, 1.807) is 22.5 Å². The van der Waals surface area contributed by atoms with Crippen molar-refractivity contribution in [3.05, 3.63) is 28.8 Å². The molecule has 1 aliphatic heterocycles. The molecule has 4 nitrogen and oxygen atoms in total. The molecule has 1 aliphatic carbocycles. The van der Waals surface area contributed by atoms with Gasteiger partial charge < -0.3 is 0 Å². The van der Waals surface area contributed by atoms with Crippen LogP contribution in [-0.2, 0) is 10.0 Å². The molecule has 1 aromatic rings. The Morgan fingerprint density at radius 1 is 1.04 bits per heavy atom. The van der Waals surface area contributed by atoms with Crippen LogP contribution in [0.25, 0.3) is 0 Å². The minimum absolute atomic E-state index is 0.352. The molecule has 1 saturated heterocycles. The highest BCUT2D eigenvalue weighted by Gasteiger charge is 2.31. The van der Waals surface area contributed by atoms with Crippen LogP contribution >= 0.6 is 11.6 Å². The van der Waals surface area contributed by atoms with E-state index >= 15 is 0 Å². The van der Waals surface area contributed by atoms with E-state index < -0.39 is 10.0 Å². The van der Waals surface area contributed by atoms with Crippen molar-refractivity contribution in [1.82, 2.24) is 9.21 Å². The molecule has 23 heavy (non-hydrogen) atoms. The fourth-order valence-corrected chi connectivity index (χ4v) is 5.31. The van der Waals surface area contributed by atoms with Crippen molar-refractivity contribution < 1.29 is 8.42 Å². The third-order valence-electron chi connectivity index (χ3n) is 5.13. The first-order valence-corrected chi connectivity index (χ1v) is 10.3. The molecule has 2 aliphatic rings. The Balaban J connectivity index is 1.67. The highest BCUT2D eigenvalue weighted by Crippen LogP contribution is 2.26. The lowest BCUT2D eigenvalue weighted by molar-refractivity contribution is 0.111. The van der Waals surface area contributed by atoms with Gasteiger partial charge in [0.25, 0.3) is 0 Å². The zero-order valence-corrected chi connectivity index (χ0v) is 15.2. The molecule has 0 N–H and O–H groups in total. The number of piperazine rings is 1. The largest absolute Gasteiger partial charge is 0.298 e. The van der Waals surface area contributed by atoms with Gasteiger partial charge >= 0.3 is 0 Å². The third kappa shape index (κ3) is 3.73. The van der Waals surface area contributed by atoms with Gasteiger partial charge in [-0.15, -0.1) is 0 Å². The molecule has 0 radical (unpaired) electrons. The summed E-state index contributed by atoms with van der Waals surface area (Å²) in [6.07, 6.45) is 6.51. The highest BCUT2D eigenvalue weighted by molar-refractivity contribution is 7.89. The average Bonchev–Trinajstić information content (AvgIpc) is 2.58. The second-order valence-corrected chi connectivity index (χ2v) is 8.99. The number of hydrogen-bond donors (Lipinski definition) is 0. The average molecular weight is 357 g/mol. The van der Waals surface area contributed by atoms with E-state index in [1.807, 2.05) is 6.92 Å². The van der Waals surface area contributed by atoms with E-state index in [-0.39, 0.29) is 0 Å². The van der Waals surface area contributed by atoms with Crippen LogP contribution in [0.5, 0.6) is 0 Å². The molecule has 0 amide bonds. The fraction of sp³-hybridized carbons (Fsp3) is 0.647. The van der Waals surface area contributed by atoms with Crippen LogP contribution in [-0.4, -0.2) is 49.8 Å². The lowest BCUT2D eigenvalue weighted by Crippen LogP contribution is -2.52. The van der Waals surface area contributed by atoms with Gasteiger partial charge in [0.2, 0.25) is 10.0 Å². The highest BCUT2D eigenvalue weighted by atomic mass is 35.5. The fourth-order valence-electron chi connectivity index (χ4n) is 3.68. The zero-order valence-electron chi connectivity index (χ0n) is 13.7. The van der Waals surface area contributed by atoms with Gasteiger partial charge in [0.1, 0.15) is 0 Å². The maximum atomic E-state index is 12.8. The first-order valence-electron chi connectivity index (χ1n) is 8.49. The molecule has 0 atom stereocenters. The van der Waals surface area contributed by atoms with Gasteiger partial charge in [0, 0.05) is 37.2 Å². The SMILES string of the molecule is Cc1cc(S(=O)(=O)N2CCN(C3CCCCC3)CC2)ccc1Cl. The van der Waals surface area contributed by atoms with Gasteiger partial charge in [-0.05, 0) is 43.5 Å². The van der Waals surface area contributed by atoms with Gasteiger partial charge in [-0.1, -0.05) is 30.9 Å². The molecule has 2 fully saturated rings. The van der Waals surface area contributed by atoms with Gasteiger partial charge in [-0.3, -0.25) is 4.90 Å². The molecule has 0 unspecified atom stereocenters. The van der Waals surface area contributed by atoms with Crippen molar-refractivity contribution >= 4 is 21.6 Å². The summed E-state index contributed by atoms with van der Waals surface area (Å²) in [5.74, 6) is 0. The number of rotatable bonds is 3. The summed E-state index contributed by atoms with van der Waals surface area (Å²) >= 11 is 6.01. The van der Waals surface area contributed by atoms with Crippen molar-refractivity contribution in [2.45, 2.75) is 50.0 Å². The summed E-state index contributed by atoms with van der Waals surface area (Å²) in [6, 6.07) is 5.61.